The quantitative estimate of drug-likeness (QED) is 0.869. The van der Waals surface area contributed by atoms with Gasteiger partial charge in [-0.1, -0.05) is 30.3 Å². The molecular weight excluding hydrogens is 278 g/mol. The summed E-state index contributed by atoms with van der Waals surface area (Å²) in [6, 6.07) is 10.5. The van der Waals surface area contributed by atoms with Crippen molar-refractivity contribution in [1.82, 2.24) is 4.98 Å². The molecule has 1 N–H and O–H groups in total. The standard InChI is InChI=1S/C18H21NOS/c1-13-15-9-5-6-10-16(15)18(19-17(13)20)21-12-11-14-7-3-2-4-8-14/h2-4,7-8H,5-6,9-12H2,1H3,(H,19,20). The molecule has 21 heavy (non-hydrogen) atoms. The number of aryl methyl sites for hydroxylation is 1. The van der Waals surface area contributed by atoms with Crippen molar-refractivity contribution in [2.24, 2.45) is 0 Å². The van der Waals surface area contributed by atoms with Gasteiger partial charge in [-0.05, 0) is 55.7 Å². The maximum absolute atomic E-state index is 12.1. The van der Waals surface area contributed by atoms with Crippen LogP contribution in [0.5, 0.6) is 0 Å². The predicted molar refractivity (Wildman–Crippen MR) is 89.3 cm³/mol. The van der Waals surface area contributed by atoms with Crippen molar-refractivity contribution in [1.29, 1.82) is 0 Å². The van der Waals surface area contributed by atoms with E-state index in [2.05, 4.69) is 29.2 Å². The normalized spacial score (nSPS) is 14.0. The lowest BCUT2D eigenvalue weighted by atomic mass is 9.90. The van der Waals surface area contributed by atoms with Gasteiger partial charge in [0, 0.05) is 11.3 Å². The van der Waals surface area contributed by atoms with Crippen LogP contribution in [0.25, 0.3) is 0 Å². The molecule has 0 spiro atoms. The first-order valence-corrected chi connectivity index (χ1v) is 8.65. The lowest BCUT2D eigenvalue weighted by molar-refractivity contribution is 0.660. The Morgan fingerprint density at radius 3 is 2.57 bits per heavy atom. The van der Waals surface area contributed by atoms with Crippen LogP contribution in [0.2, 0.25) is 0 Å². The van der Waals surface area contributed by atoms with E-state index in [0.717, 1.165) is 35.6 Å². The van der Waals surface area contributed by atoms with Gasteiger partial charge in [-0.3, -0.25) is 4.79 Å². The Balaban J connectivity index is 1.76. The van der Waals surface area contributed by atoms with Crippen molar-refractivity contribution in [3.63, 3.8) is 0 Å². The second kappa shape index (κ2) is 6.52. The van der Waals surface area contributed by atoms with Crippen molar-refractivity contribution < 1.29 is 0 Å². The predicted octanol–water partition coefficient (Wildman–Crippen LogP) is 3.90. The number of pyridine rings is 1. The minimum atomic E-state index is 0.0952. The Kier molecular flexibility index (Phi) is 4.49. The minimum absolute atomic E-state index is 0.0952. The summed E-state index contributed by atoms with van der Waals surface area (Å²) in [4.78, 5) is 15.2. The Morgan fingerprint density at radius 1 is 1.10 bits per heavy atom. The highest BCUT2D eigenvalue weighted by Crippen LogP contribution is 2.30. The fraction of sp³-hybridized carbons (Fsp3) is 0.389. The number of thioether (sulfide) groups is 1. The molecule has 2 aromatic rings. The average Bonchev–Trinajstić information content (AvgIpc) is 2.53. The van der Waals surface area contributed by atoms with Gasteiger partial charge in [0.25, 0.3) is 5.56 Å². The highest BCUT2D eigenvalue weighted by molar-refractivity contribution is 7.99. The lowest BCUT2D eigenvalue weighted by Crippen LogP contribution is -2.19. The van der Waals surface area contributed by atoms with Crippen LogP contribution in [-0.2, 0) is 19.3 Å². The van der Waals surface area contributed by atoms with Crippen LogP contribution >= 0.6 is 11.8 Å². The summed E-state index contributed by atoms with van der Waals surface area (Å²) >= 11 is 1.80. The zero-order chi connectivity index (χ0) is 14.7. The number of hydrogen-bond acceptors (Lipinski definition) is 2. The molecule has 0 atom stereocenters. The van der Waals surface area contributed by atoms with Gasteiger partial charge in [0.2, 0.25) is 0 Å². The molecule has 110 valence electrons. The number of hydrogen-bond donors (Lipinski definition) is 1. The highest BCUT2D eigenvalue weighted by atomic mass is 32.2. The summed E-state index contributed by atoms with van der Waals surface area (Å²) in [7, 11) is 0. The summed E-state index contributed by atoms with van der Waals surface area (Å²) in [5.74, 6) is 1.01. The second-order valence-corrected chi connectivity index (χ2v) is 6.76. The number of benzene rings is 1. The number of fused-ring (bicyclic) bond motifs is 1. The molecule has 2 nitrogen and oxygen atoms in total. The fourth-order valence-corrected chi connectivity index (χ4v) is 4.12. The van der Waals surface area contributed by atoms with Gasteiger partial charge in [0.1, 0.15) is 0 Å². The smallest absolute Gasteiger partial charge is 0.251 e. The van der Waals surface area contributed by atoms with Gasteiger partial charge in [-0.2, -0.15) is 0 Å². The molecule has 1 heterocycles. The van der Waals surface area contributed by atoms with Crippen molar-refractivity contribution in [3.8, 4) is 0 Å². The molecule has 3 heteroatoms. The molecule has 0 aliphatic heterocycles. The van der Waals surface area contributed by atoms with Crippen LogP contribution in [-0.4, -0.2) is 10.7 Å². The average molecular weight is 299 g/mol. The molecule has 0 unspecified atom stereocenters. The number of aromatic nitrogens is 1. The van der Waals surface area contributed by atoms with Crippen LogP contribution in [0.4, 0.5) is 0 Å². The van der Waals surface area contributed by atoms with Crippen molar-refractivity contribution in [2.75, 3.05) is 5.75 Å². The third-order valence-electron chi connectivity index (χ3n) is 4.24. The maximum Gasteiger partial charge on any atom is 0.251 e. The monoisotopic (exact) mass is 299 g/mol. The Bertz CT molecular complexity index is 676. The highest BCUT2D eigenvalue weighted by Gasteiger charge is 2.18. The SMILES string of the molecule is Cc1c2c(c(SCCc3ccccc3)[nH]c1=O)CCCC2. The molecule has 0 fully saturated rings. The summed E-state index contributed by atoms with van der Waals surface area (Å²) in [5.41, 5.74) is 5.09. The Morgan fingerprint density at radius 2 is 1.81 bits per heavy atom. The van der Waals surface area contributed by atoms with E-state index in [1.165, 1.54) is 29.5 Å². The summed E-state index contributed by atoms with van der Waals surface area (Å²) in [6.07, 6.45) is 5.67. The van der Waals surface area contributed by atoms with Gasteiger partial charge < -0.3 is 4.98 Å². The molecule has 0 radical (unpaired) electrons. The molecule has 3 rings (SSSR count). The van der Waals surface area contributed by atoms with Crippen LogP contribution in [0.1, 0.15) is 35.1 Å². The zero-order valence-electron chi connectivity index (χ0n) is 12.4. The Hall–Kier alpha value is -1.48. The number of aromatic amines is 1. The largest absolute Gasteiger partial charge is 0.317 e. The van der Waals surface area contributed by atoms with Crippen LogP contribution in [0.15, 0.2) is 40.2 Å². The van der Waals surface area contributed by atoms with Crippen molar-refractivity contribution >= 4 is 11.8 Å². The van der Waals surface area contributed by atoms with E-state index < -0.39 is 0 Å². The fourth-order valence-electron chi connectivity index (χ4n) is 3.02. The van der Waals surface area contributed by atoms with E-state index in [-0.39, 0.29) is 5.56 Å². The molecule has 0 amide bonds. The summed E-state index contributed by atoms with van der Waals surface area (Å²) in [6.45, 7) is 1.96. The van der Waals surface area contributed by atoms with Crippen LogP contribution in [0, 0.1) is 6.92 Å². The third-order valence-corrected chi connectivity index (χ3v) is 5.29. The number of nitrogens with one attached hydrogen (secondary N) is 1. The number of H-pyrrole nitrogens is 1. The molecule has 1 aliphatic rings. The summed E-state index contributed by atoms with van der Waals surface area (Å²) in [5, 5.41) is 1.11. The maximum atomic E-state index is 12.1. The third kappa shape index (κ3) is 3.24. The first kappa shape index (κ1) is 14.5. The van der Waals surface area contributed by atoms with E-state index in [9.17, 15) is 4.79 Å². The number of rotatable bonds is 4. The van der Waals surface area contributed by atoms with Gasteiger partial charge in [0.05, 0.1) is 5.03 Å². The van der Waals surface area contributed by atoms with E-state index in [4.69, 9.17) is 0 Å². The molecular formula is C18H21NOS. The first-order valence-electron chi connectivity index (χ1n) is 7.67. The van der Waals surface area contributed by atoms with E-state index >= 15 is 0 Å². The second-order valence-electron chi connectivity index (χ2n) is 5.66. The van der Waals surface area contributed by atoms with E-state index in [1.54, 1.807) is 11.8 Å². The van der Waals surface area contributed by atoms with E-state index in [1.807, 2.05) is 13.0 Å². The first-order chi connectivity index (χ1) is 10.3. The van der Waals surface area contributed by atoms with Gasteiger partial charge in [-0.25, -0.2) is 0 Å². The van der Waals surface area contributed by atoms with Crippen molar-refractivity contribution in [3.05, 3.63) is 62.9 Å². The molecule has 0 saturated heterocycles. The minimum Gasteiger partial charge on any atom is -0.317 e. The van der Waals surface area contributed by atoms with Crippen LogP contribution < -0.4 is 5.56 Å². The molecule has 1 aromatic carbocycles. The lowest BCUT2D eigenvalue weighted by Gasteiger charge is -2.20. The van der Waals surface area contributed by atoms with E-state index in [0.29, 0.717) is 0 Å². The van der Waals surface area contributed by atoms with Gasteiger partial charge >= 0.3 is 0 Å². The van der Waals surface area contributed by atoms with Crippen LogP contribution in [0.3, 0.4) is 0 Å². The molecule has 0 saturated carbocycles. The zero-order valence-corrected chi connectivity index (χ0v) is 13.3. The van der Waals surface area contributed by atoms with Crippen molar-refractivity contribution in [2.45, 2.75) is 44.1 Å². The van der Waals surface area contributed by atoms with Gasteiger partial charge in [0.15, 0.2) is 0 Å². The topological polar surface area (TPSA) is 32.9 Å². The van der Waals surface area contributed by atoms with Gasteiger partial charge in [-0.15, -0.1) is 11.8 Å². The molecule has 1 aromatic heterocycles. The summed E-state index contributed by atoms with van der Waals surface area (Å²) < 4.78 is 0. The molecule has 0 bridgehead atoms. The Labute approximate surface area is 130 Å². The molecule has 1 aliphatic carbocycles.